The van der Waals surface area contributed by atoms with Crippen molar-refractivity contribution in [2.45, 2.75) is 240 Å². The maximum absolute atomic E-state index is 12.5. The molecule has 0 amide bonds. The molecule has 0 heterocycles. The second kappa shape index (κ2) is 45.9. The summed E-state index contributed by atoms with van der Waals surface area (Å²) < 4.78 is 17.5. The van der Waals surface area contributed by atoms with Crippen LogP contribution < -0.4 is 10.6 Å². The van der Waals surface area contributed by atoms with Gasteiger partial charge in [-0.1, -0.05) is 169 Å². The van der Waals surface area contributed by atoms with Crippen LogP contribution in [0.3, 0.4) is 0 Å². The standard InChI is InChI=1S/C50H100N2O5/c1-6-10-22-31-46(32-23-11-7-2)43-49(53)56-41-28-20-16-14-18-26-35-48(45-55-40-30-37-52-39-38-51-5)36-27-19-15-17-21-29-42-57-50(54)44-47(33-24-12-8-3)34-25-13-9-4/h46-48,51-52H,6-45H2,1-5H3. The molecule has 0 saturated heterocycles. The molecule has 0 radical (unpaired) electrons. The fourth-order valence-corrected chi connectivity index (χ4v) is 8.07. The average Bonchev–Trinajstić information content (AvgIpc) is 3.20. The number of ether oxygens (including phenoxy) is 3. The Morgan fingerprint density at radius 3 is 1.18 bits per heavy atom. The molecule has 0 aliphatic heterocycles. The minimum atomic E-state index is 0.0266. The Bertz CT molecular complexity index is 751. The van der Waals surface area contributed by atoms with Crippen LogP contribution in [0.5, 0.6) is 0 Å². The summed E-state index contributed by atoms with van der Waals surface area (Å²) in [4.78, 5) is 25.1. The van der Waals surface area contributed by atoms with Gasteiger partial charge in [-0.05, 0) is 89.1 Å². The van der Waals surface area contributed by atoms with Gasteiger partial charge < -0.3 is 24.8 Å². The van der Waals surface area contributed by atoms with E-state index in [4.69, 9.17) is 14.2 Å². The summed E-state index contributed by atoms with van der Waals surface area (Å²) in [6.45, 7) is 14.9. The zero-order valence-electron chi connectivity index (χ0n) is 39.1. The second-order valence-electron chi connectivity index (χ2n) is 17.5. The van der Waals surface area contributed by atoms with Gasteiger partial charge in [-0.15, -0.1) is 0 Å². The average molecular weight is 809 g/mol. The minimum Gasteiger partial charge on any atom is -0.466 e. The van der Waals surface area contributed by atoms with Crippen LogP contribution >= 0.6 is 0 Å². The Morgan fingerprint density at radius 2 is 0.772 bits per heavy atom. The fourth-order valence-electron chi connectivity index (χ4n) is 8.07. The monoisotopic (exact) mass is 809 g/mol. The molecular weight excluding hydrogens is 709 g/mol. The molecular formula is C50H100N2O5. The molecule has 340 valence electrons. The van der Waals surface area contributed by atoms with Crippen molar-refractivity contribution in [1.82, 2.24) is 10.6 Å². The smallest absolute Gasteiger partial charge is 0.306 e. The molecule has 0 aliphatic rings. The number of hydrogen-bond donors (Lipinski definition) is 2. The third-order valence-electron chi connectivity index (χ3n) is 11.9. The summed E-state index contributed by atoms with van der Waals surface area (Å²) in [5.41, 5.74) is 0. The van der Waals surface area contributed by atoms with Gasteiger partial charge in [0.2, 0.25) is 0 Å². The van der Waals surface area contributed by atoms with Crippen LogP contribution in [-0.4, -0.2) is 65.0 Å². The number of rotatable bonds is 47. The van der Waals surface area contributed by atoms with E-state index in [-0.39, 0.29) is 11.9 Å². The van der Waals surface area contributed by atoms with E-state index in [9.17, 15) is 9.59 Å². The Morgan fingerprint density at radius 1 is 0.404 bits per heavy atom. The summed E-state index contributed by atoms with van der Waals surface area (Å²) in [6.07, 6.45) is 38.9. The fraction of sp³-hybridized carbons (Fsp3) is 0.960. The van der Waals surface area contributed by atoms with Crippen LogP contribution in [-0.2, 0) is 23.8 Å². The number of unbranched alkanes of at least 4 members (excludes halogenated alkanes) is 18. The summed E-state index contributed by atoms with van der Waals surface area (Å²) in [5.74, 6) is 1.72. The van der Waals surface area contributed by atoms with Crippen molar-refractivity contribution in [3.63, 3.8) is 0 Å². The number of esters is 2. The molecule has 0 atom stereocenters. The van der Waals surface area contributed by atoms with Crippen molar-refractivity contribution in [2.24, 2.45) is 17.8 Å². The highest BCUT2D eigenvalue weighted by Gasteiger charge is 2.16. The Kier molecular flexibility index (Phi) is 44.9. The maximum Gasteiger partial charge on any atom is 0.306 e. The van der Waals surface area contributed by atoms with E-state index < -0.39 is 0 Å². The summed E-state index contributed by atoms with van der Waals surface area (Å²) >= 11 is 0. The van der Waals surface area contributed by atoms with E-state index in [1.807, 2.05) is 7.05 Å². The van der Waals surface area contributed by atoms with E-state index >= 15 is 0 Å². The molecule has 7 nitrogen and oxygen atoms in total. The highest BCUT2D eigenvalue weighted by Crippen LogP contribution is 2.24. The van der Waals surface area contributed by atoms with Gasteiger partial charge in [-0.3, -0.25) is 9.59 Å². The molecule has 0 aromatic carbocycles. The van der Waals surface area contributed by atoms with Crippen molar-refractivity contribution in [3.05, 3.63) is 0 Å². The van der Waals surface area contributed by atoms with Crippen molar-refractivity contribution in [1.29, 1.82) is 0 Å². The van der Waals surface area contributed by atoms with Crippen LogP contribution in [0.2, 0.25) is 0 Å². The lowest BCUT2D eigenvalue weighted by Crippen LogP contribution is -2.26. The first-order chi connectivity index (χ1) is 28.0. The largest absolute Gasteiger partial charge is 0.466 e. The molecule has 0 rings (SSSR count). The SMILES string of the molecule is CCCCCC(CCCCC)CC(=O)OCCCCCCCCC(CCCCCCCCOC(=O)CC(CCCCC)CCCCC)COCCCNCCNC. The topological polar surface area (TPSA) is 85.9 Å². The first-order valence-corrected chi connectivity index (χ1v) is 25.2. The zero-order valence-corrected chi connectivity index (χ0v) is 39.1. The number of likely N-dealkylation sites (N-methyl/N-ethyl adjacent to an activating group) is 1. The maximum atomic E-state index is 12.5. The molecule has 7 heteroatoms. The van der Waals surface area contributed by atoms with Crippen molar-refractivity contribution in [3.8, 4) is 0 Å². The molecule has 0 fully saturated rings. The van der Waals surface area contributed by atoms with E-state index in [1.54, 1.807) is 0 Å². The van der Waals surface area contributed by atoms with Crippen LogP contribution in [0.1, 0.15) is 240 Å². The predicted octanol–water partition coefficient (Wildman–Crippen LogP) is 13.7. The summed E-state index contributed by atoms with van der Waals surface area (Å²) in [6, 6.07) is 0. The lowest BCUT2D eigenvalue weighted by molar-refractivity contribution is -0.146. The van der Waals surface area contributed by atoms with E-state index in [0.29, 0.717) is 43.8 Å². The predicted molar refractivity (Wildman–Crippen MR) is 245 cm³/mol. The second-order valence-corrected chi connectivity index (χ2v) is 17.5. The number of nitrogens with one attached hydrogen (secondary N) is 2. The Hall–Kier alpha value is -1.18. The van der Waals surface area contributed by atoms with Crippen molar-refractivity contribution >= 4 is 11.9 Å². The zero-order chi connectivity index (χ0) is 41.7. The van der Waals surface area contributed by atoms with E-state index in [2.05, 4.69) is 38.3 Å². The molecule has 0 saturated carbocycles. The van der Waals surface area contributed by atoms with E-state index in [1.165, 1.54) is 167 Å². The summed E-state index contributed by atoms with van der Waals surface area (Å²) in [7, 11) is 1.99. The van der Waals surface area contributed by atoms with Gasteiger partial charge in [0.15, 0.2) is 0 Å². The van der Waals surface area contributed by atoms with Crippen molar-refractivity contribution < 1.29 is 23.8 Å². The van der Waals surface area contributed by atoms with Gasteiger partial charge in [-0.25, -0.2) is 0 Å². The first kappa shape index (κ1) is 55.8. The Balaban J connectivity index is 4.28. The van der Waals surface area contributed by atoms with Crippen LogP contribution in [0.25, 0.3) is 0 Å². The Labute approximate surface area is 355 Å². The third kappa shape index (κ3) is 41.3. The molecule has 0 unspecified atom stereocenters. The van der Waals surface area contributed by atoms with Gasteiger partial charge in [0, 0.05) is 39.1 Å². The normalized spacial score (nSPS) is 11.7. The molecule has 2 N–H and O–H groups in total. The van der Waals surface area contributed by atoms with Crippen LogP contribution in [0, 0.1) is 17.8 Å². The van der Waals surface area contributed by atoms with Gasteiger partial charge in [0.1, 0.15) is 0 Å². The third-order valence-corrected chi connectivity index (χ3v) is 11.9. The number of carbonyl (C=O) groups is 2. The molecule has 0 aromatic heterocycles. The summed E-state index contributed by atoms with van der Waals surface area (Å²) in [5, 5.41) is 6.66. The molecule has 0 aromatic rings. The lowest BCUT2D eigenvalue weighted by atomic mass is 9.92. The quantitative estimate of drug-likeness (QED) is 0.0468. The van der Waals surface area contributed by atoms with Crippen molar-refractivity contribution in [2.75, 3.05) is 53.1 Å². The van der Waals surface area contributed by atoms with Gasteiger partial charge in [-0.2, -0.15) is 0 Å². The molecule has 57 heavy (non-hydrogen) atoms. The lowest BCUT2D eigenvalue weighted by Gasteiger charge is -2.17. The number of carbonyl (C=O) groups excluding carboxylic acids is 2. The van der Waals surface area contributed by atoms with Crippen LogP contribution in [0.4, 0.5) is 0 Å². The van der Waals surface area contributed by atoms with E-state index in [0.717, 1.165) is 65.0 Å². The molecule has 0 spiro atoms. The van der Waals surface area contributed by atoms with Crippen LogP contribution in [0.15, 0.2) is 0 Å². The highest BCUT2D eigenvalue weighted by atomic mass is 16.5. The van der Waals surface area contributed by atoms with Gasteiger partial charge >= 0.3 is 11.9 Å². The molecule has 0 aliphatic carbocycles. The molecule has 0 bridgehead atoms. The van der Waals surface area contributed by atoms with Gasteiger partial charge in [0.05, 0.1) is 13.2 Å². The minimum absolute atomic E-state index is 0.0266. The first-order valence-electron chi connectivity index (χ1n) is 25.2. The van der Waals surface area contributed by atoms with Gasteiger partial charge in [0.25, 0.3) is 0 Å². The highest BCUT2D eigenvalue weighted by molar-refractivity contribution is 5.70. The number of hydrogen-bond acceptors (Lipinski definition) is 7.